The van der Waals surface area contributed by atoms with Crippen LogP contribution in [0.1, 0.15) is 39.2 Å². The molecule has 0 spiro atoms. The van der Waals surface area contributed by atoms with Gasteiger partial charge in [0.25, 0.3) is 10.0 Å². The van der Waals surface area contributed by atoms with E-state index in [-0.39, 0.29) is 23.0 Å². The summed E-state index contributed by atoms with van der Waals surface area (Å²) in [6, 6.07) is 16.9. The van der Waals surface area contributed by atoms with Crippen molar-refractivity contribution in [2.45, 2.75) is 51.1 Å². The van der Waals surface area contributed by atoms with Gasteiger partial charge >= 0.3 is 0 Å². The number of carbonyl (C=O) groups is 2. The number of nitrogens with one attached hydrogen (secondary N) is 1. The molecular formula is C31H38FN3O6S. The van der Waals surface area contributed by atoms with E-state index in [2.05, 4.69) is 5.32 Å². The highest BCUT2D eigenvalue weighted by Crippen LogP contribution is 2.26. The Hall–Kier alpha value is -4.12. The summed E-state index contributed by atoms with van der Waals surface area (Å²) in [5.41, 5.74) is 0.833. The average molecular weight is 600 g/mol. The Balaban J connectivity index is 2.03. The second kappa shape index (κ2) is 15.2. The number of benzene rings is 3. The van der Waals surface area contributed by atoms with Gasteiger partial charge in [0, 0.05) is 13.1 Å². The quantitative estimate of drug-likeness (QED) is 0.270. The van der Waals surface area contributed by atoms with Crippen LogP contribution in [0.15, 0.2) is 77.7 Å². The molecule has 0 unspecified atom stereocenters. The minimum atomic E-state index is -4.29. The van der Waals surface area contributed by atoms with Gasteiger partial charge in [0.15, 0.2) is 0 Å². The molecule has 0 aliphatic heterocycles. The molecule has 0 fully saturated rings. The zero-order valence-corrected chi connectivity index (χ0v) is 25.2. The molecule has 0 bridgehead atoms. The molecule has 0 radical (unpaired) electrons. The summed E-state index contributed by atoms with van der Waals surface area (Å²) in [7, 11) is -2.74. The molecule has 0 heterocycles. The van der Waals surface area contributed by atoms with E-state index >= 15 is 0 Å². The van der Waals surface area contributed by atoms with Gasteiger partial charge in [-0.25, -0.2) is 12.8 Å². The Labute approximate surface area is 247 Å². The first-order chi connectivity index (χ1) is 20.1. The van der Waals surface area contributed by atoms with Crippen molar-refractivity contribution >= 4 is 27.5 Å². The van der Waals surface area contributed by atoms with Crippen LogP contribution in [0.25, 0.3) is 0 Å². The van der Waals surface area contributed by atoms with Crippen molar-refractivity contribution in [1.82, 2.24) is 10.2 Å². The molecule has 226 valence electrons. The van der Waals surface area contributed by atoms with Crippen LogP contribution in [0.2, 0.25) is 0 Å². The van der Waals surface area contributed by atoms with Gasteiger partial charge in [0.2, 0.25) is 11.8 Å². The number of hydrogen-bond acceptors (Lipinski definition) is 6. The minimum absolute atomic E-state index is 0.0568. The van der Waals surface area contributed by atoms with E-state index in [0.29, 0.717) is 37.5 Å². The second-order valence-corrected chi connectivity index (χ2v) is 11.3. The van der Waals surface area contributed by atoms with E-state index in [9.17, 15) is 22.4 Å². The fraction of sp³-hybridized carbons (Fsp3) is 0.355. The number of ether oxygens (including phenoxy) is 2. The van der Waals surface area contributed by atoms with Crippen LogP contribution in [-0.2, 0) is 26.2 Å². The van der Waals surface area contributed by atoms with Gasteiger partial charge in [-0.15, -0.1) is 0 Å². The lowest BCUT2D eigenvalue weighted by Crippen LogP contribution is -2.52. The van der Waals surface area contributed by atoms with Crippen molar-refractivity contribution in [3.8, 4) is 11.5 Å². The SMILES string of the molecule is CCCNC(=O)[C@@H](CC)N(Cc1ccc(OC)cc1)C(=O)CN(c1ccc(F)cc1)S(=O)(=O)c1ccc(OCC)cc1. The van der Waals surface area contributed by atoms with Crippen LogP contribution < -0.4 is 19.1 Å². The molecule has 0 aromatic heterocycles. The normalized spacial score (nSPS) is 11.8. The molecule has 1 atom stereocenters. The van der Waals surface area contributed by atoms with Crippen molar-refractivity contribution in [2.24, 2.45) is 0 Å². The van der Waals surface area contributed by atoms with E-state index in [0.717, 1.165) is 22.0 Å². The van der Waals surface area contributed by atoms with E-state index < -0.39 is 34.3 Å². The van der Waals surface area contributed by atoms with Gasteiger partial charge in [-0.1, -0.05) is 26.0 Å². The van der Waals surface area contributed by atoms with Gasteiger partial charge in [-0.2, -0.15) is 0 Å². The summed E-state index contributed by atoms with van der Waals surface area (Å²) >= 11 is 0. The van der Waals surface area contributed by atoms with Gasteiger partial charge in [-0.3, -0.25) is 13.9 Å². The Kier molecular flexibility index (Phi) is 11.7. The Morgan fingerprint density at radius 3 is 2.07 bits per heavy atom. The second-order valence-electron chi connectivity index (χ2n) is 9.48. The molecule has 3 rings (SSSR count). The summed E-state index contributed by atoms with van der Waals surface area (Å²) in [5, 5.41) is 2.85. The van der Waals surface area contributed by atoms with Crippen molar-refractivity contribution in [2.75, 3.05) is 31.1 Å². The average Bonchev–Trinajstić information content (AvgIpc) is 2.99. The largest absolute Gasteiger partial charge is 0.497 e. The monoisotopic (exact) mass is 599 g/mol. The summed E-state index contributed by atoms with van der Waals surface area (Å²) in [6.45, 7) is 5.82. The predicted molar refractivity (Wildman–Crippen MR) is 159 cm³/mol. The Morgan fingerprint density at radius 2 is 1.52 bits per heavy atom. The molecule has 0 aliphatic carbocycles. The zero-order chi connectivity index (χ0) is 30.7. The van der Waals surface area contributed by atoms with Gasteiger partial charge in [-0.05, 0) is 86.0 Å². The number of halogens is 1. The Morgan fingerprint density at radius 1 is 0.905 bits per heavy atom. The zero-order valence-electron chi connectivity index (χ0n) is 24.4. The van der Waals surface area contributed by atoms with Crippen molar-refractivity contribution in [3.63, 3.8) is 0 Å². The molecule has 9 nitrogen and oxygen atoms in total. The molecule has 0 aliphatic rings. The lowest BCUT2D eigenvalue weighted by atomic mass is 10.1. The number of rotatable bonds is 15. The van der Waals surface area contributed by atoms with Gasteiger partial charge in [0.1, 0.15) is 29.9 Å². The lowest BCUT2D eigenvalue weighted by Gasteiger charge is -2.33. The first-order valence-corrected chi connectivity index (χ1v) is 15.3. The maximum Gasteiger partial charge on any atom is 0.264 e. The first-order valence-electron chi connectivity index (χ1n) is 13.9. The summed E-state index contributed by atoms with van der Waals surface area (Å²) in [5.74, 6) is -0.348. The maximum absolute atomic E-state index is 14.0. The number of methoxy groups -OCH3 is 1. The molecule has 2 amide bonds. The van der Waals surface area contributed by atoms with E-state index in [1.165, 1.54) is 41.3 Å². The number of hydrogen-bond donors (Lipinski definition) is 1. The third kappa shape index (κ3) is 8.22. The number of carbonyl (C=O) groups excluding carboxylic acids is 2. The van der Waals surface area contributed by atoms with E-state index in [1.807, 2.05) is 13.8 Å². The number of sulfonamides is 1. The summed E-state index contributed by atoms with van der Waals surface area (Å²) in [4.78, 5) is 28.5. The molecule has 0 saturated heterocycles. The van der Waals surface area contributed by atoms with Gasteiger partial charge in [0.05, 0.1) is 24.3 Å². The third-order valence-electron chi connectivity index (χ3n) is 6.56. The van der Waals surface area contributed by atoms with Crippen LogP contribution in [0, 0.1) is 5.82 Å². The van der Waals surface area contributed by atoms with E-state index in [1.54, 1.807) is 38.3 Å². The summed E-state index contributed by atoms with van der Waals surface area (Å²) < 4.78 is 53.2. The highest BCUT2D eigenvalue weighted by atomic mass is 32.2. The van der Waals surface area contributed by atoms with Crippen LogP contribution in [-0.4, -0.2) is 58.0 Å². The standard InChI is InChI=1S/C31H38FN3O6S/c1-5-20-33-31(37)29(6-2)34(21-23-8-14-26(40-4)15-9-23)30(36)22-35(25-12-10-24(32)11-13-25)42(38,39)28-18-16-27(17-19-28)41-7-3/h8-19,29H,5-7,20-22H2,1-4H3,(H,33,37)/t29-/m1/s1. The van der Waals surface area contributed by atoms with Crippen LogP contribution >= 0.6 is 0 Å². The topological polar surface area (TPSA) is 105 Å². The Bertz CT molecular complexity index is 1410. The van der Waals surface area contributed by atoms with Gasteiger partial charge < -0.3 is 19.7 Å². The highest BCUT2D eigenvalue weighted by Gasteiger charge is 2.33. The van der Waals surface area contributed by atoms with Crippen molar-refractivity contribution in [1.29, 1.82) is 0 Å². The molecule has 1 N–H and O–H groups in total. The fourth-order valence-electron chi connectivity index (χ4n) is 4.35. The molecular weight excluding hydrogens is 561 g/mol. The maximum atomic E-state index is 14.0. The number of anilines is 1. The lowest BCUT2D eigenvalue weighted by molar-refractivity contribution is -0.140. The van der Waals surface area contributed by atoms with E-state index in [4.69, 9.17) is 9.47 Å². The predicted octanol–water partition coefficient (Wildman–Crippen LogP) is 4.76. The summed E-state index contributed by atoms with van der Waals surface area (Å²) in [6.07, 6.45) is 1.02. The first kappa shape index (κ1) is 32.4. The van der Waals surface area contributed by atoms with Crippen molar-refractivity contribution in [3.05, 3.63) is 84.2 Å². The molecule has 0 saturated carbocycles. The third-order valence-corrected chi connectivity index (χ3v) is 8.35. The smallest absolute Gasteiger partial charge is 0.264 e. The number of nitrogens with zero attached hydrogens (tertiary/aromatic N) is 2. The molecule has 11 heteroatoms. The minimum Gasteiger partial charge on any atom is -0.497 e. The van der Waals surface area contributed by atoms with Crippen molar-refractivity contribution < 1.29 is 31.9 Å². The van der Waals surface area contributed by atoms with Crippen LogP contribution in [0.4, 0.5) is 10.1 Å². The fourth-order valence-corrected chi connectivity index (χ4v) is 5.77. The highest BCUT2D eigenvalue weighted by molar-refractivity contribution is 7.92. The molecule has 3 aromatic carbocycles. The molecule has 3 aromatic rings. The molecule has 42 heavy (non-hydrogen) atoms. The van der Waals surface area contributed by atoms with Crippen LogP contribution in [0.3, 0.4) is 0 Å². The number of amides is 2. The van der Waals surface area contributed by atoms with Crippen LogP contribution in [0.5, 0.6) is 11.5 Å².